The second-order valence-corrected chi connectivity index (χ2v) is 31.2. The molecular weight excluding hydrogens is 1620 g/mol. The van der Waals surface area contributed by atoms with Gasteiger partial charge in [-0.3, -0.25) is 37.5 Å². The van der Waals surface area contributed by atoms with E-state index in [0.717, 1.165) is 68.9 Å². The van der Waals surface area contributed by atoms with E-state index in [0.29, 0.717) is 80.0 Å². The molecule has 2 fully saturated rings. The van der Waals surface area contributed by atoms with Gasteiger partial charge in [-0.05, 0) is 88.5 Å². The maximum atomic E-state index is 12.7. The normalized spacial score (nSPS) is 15.4. The van der Waals surface area contributed by atoms with Gasteiger partial charge in [-0.2, -0.15) is 87.5 Å². The number of nitrogens with zero attached hydrogens (tertiary/aromatic N) is 28. The number of hydrogen-bond acceptors (Lipinski definition) is 24. The van der Waals surface area contributed by atoms with Crippen LogP contribution in [0, 0.1) is 11.8 Å². The van der Waals surface area contributed by atoms with Gasteiger partial charge in [-0.1, -0.05) is 26.7 Å². The van der Waals surface area contributed by atoms with E-state index in [1.165, 1.54) is 95.9 Å². The summed E-state index contributed by atoms with van der Waals surface area (Å²) in [6.45, 7) is 6.68. The highest BCUT2D eigenvalue weighted by Crippen LogP contribution is 2.42. The van der Waals surface area contributed by atoms with Crippen LogP contribution in [0.4, 0.5) is 26.3 Å². The summed E-state index contributed by atoms with van der Waals surface area (Å²) in [5.41, 5.74) is 14.4. The van der Waals surface area contributed by atoms with Crippen molar-refractivity contribution in [2.75, 3.05) is 26.4 Å². The number of alkyl halides is 6. The summed E-state index contributed by atoms with van der Waals surface area (Å²) in [6, 6.07) is 6.57. The largest absolute Gasteiger partial charge is 0.394 e. The van der Waals surface area contributed by atoms with Crippen molar-refractivity contribution in [2.45, 2.75) is 179 Å². The number of aliphatic hydroxyl groups is 8. The topological polar surface area (TPSA) is 425 Å². The Kier molecular flexibility index (Phi) is 26.2. The molecule has 16 heterocycles. The lowest BCUT2D eigenvalue weighted by Crippen LogP contribution is -2.25. The van der Waals surface area contributed by atoms with Crippen LogP contribution in [0.25, 0.3) is 112 Å². The Labute approximate surface area is 703 Å². The SMILES string of the molecule is CC[C@@H](C1CCC1)n1cc(-c2nc(-c3cnn(C[C@@H](O)CO)c3)cn3nccc23)cn1.CC[C@H](C1CCC1)n1cc(-c2nc(-c3cnn(C[C@@H](O)CO)c3)cn3nccc23)cn1.C[C@@H](CC(F)(F)F)n1cc(-c2nc(-c3cnn(C[C@@H](O)CO)c3)cn3nccc23)cn1.C[C@H](CC(F)(F)F)n1cc(-c2nc(-c3cnn(C[C@@H](O)CO)c3)cn3nccc23)cn1. The summed E-state index contributed by atoms with van der Waals surface area (Å²) >= 11 is 0. The molecule has 36 nitrogen and oxygen atoms in total. The molecule has 0 aromatic carbocycles. The standard InChI is InChI=1S/2C22H27N7O2.2C19H20F3N7O2/c2*1-2-20(15-4-3-5-15)28-11-17(9-25-28)22-21-6-7-23-29(21)13-19(26-22)16-8-24-27(10-16)12-18(31)14-30;2*1-12(4-19(20,21)22)28-8-14(6-25-28)18-17-2-3-23-29(17)10-16(26-18)13-5-24-27(7-13)9-15(31)11-30/h2*6-11,13,15,18,20,30-31H,2-5,12,14H2,1H3;2*2-3,5-8,10,12,15,30-31H,4,9,11H2,1H3/t18-,20+;18-,20-;12-,15+;12-,15-/m1101/s1. The molecule has 0 bridgehead atoms. The first-order chi connectivity index (χ1) is 59.8. The Balaban J connectivity index is 0.000000128. The zero-order valence-electron chi connectivity index (χ0n) is 68.0. The molecule has 0 saturated heterocycles. The van der Waals surface area contributed by atoms with Gasteiger partial charge < -0.3 is 40.9 Å². The lowest BCUT2D eigenvalue weighted by atomic mass is 9.79. The van der Waals surface area contributed by atoms with Crippen LogP contribution in [0.1, 0.15) is 116 Å². The van der Waals surface area contributed by atoms with Gasteiger partial charge in [-0.15, -0.1) is 0 Å². The second kappa shape index (κ2) is 37.6. The Morgan fingerprint density at radius 2 is 0.573 bits per heavy atom. The average molecular weight is 1710 g/mol. The first kappa shape index (κ1) is 86.4. The third kappa shape index (κ3) is 20.0. The van der Waals surface area contributed by atoms with Crippen LogP contribution in [-0.4, -0.2) is 241 Å². The molecule has 18 rings (SSSR count). The van der Waals surface area contributed by atoms with Crippen LogP contribution in [0.3, 0.4) is 0 Å². The first-order valence-corrected chi connectivity index (χ1v) is 40.7. The molecule has 0 aliphatic heterocycles. The van der Waals surface area contributed by atoms with Crippen LogP contribution in [0.2, 0.25) is 0 Å². The smallest absolute Gasteiger partial charge is 0.391 e. The van der Waals surface area contributed by atoms with Crippen LogP contribution in [0.5, 0.6) is 0 Å². The van der Waals surface area contributed by atoms with Crippen molar-refractivity contribution >= 4 is 22.1 Å². The number of rotatable bonds is 30. The minimum absolute atomic E-state index is 0.122. The van der Waals surface area contributed by atoms with Crippen LogP contribution in [-0.2, 0) is 26.2 Å². The maximum absolute atomic E-state index is 12.7. The maximum Gasteiger partial charge on any atom is 0.391 e. The van der Waals surface area contributed by atoms with E-state index in [-0.39, 0.29) is 52.6 Å². The van der Waals surface area contributed by atoms with Crippen LogP contribution >= 0.6 is 0 Å². The molecule has 2 aliphatic rings. The molecule has 2 saturated carbocycles. The van der Waals surface area contributed by atoms with E-state index >= 15 is 0 Å². The van der Waals surface area contributed by atoms with Crippen molar-refractivity contribution in [3.8, 4) is 90.1 Å². The minimum atomic E-state index is -4.29. The molecular formula is C82H94F6N28O8. The highest BCUT2D eigenvalue weighted by Gasteiger charge is 2.34. The predicted molar refractivity (Wildman–Crippen MR) is 438 cm³/mol. The summed E-state index contributed by atoms with van der Waals surface area (Å²) in [6.07, 6.45) is 37.2. The van der Waals surface area contributed by atoms with E-state index in [2.05, 4.69) is 107 Å². The highest BCUT2D eigenvalue weighted by atomic mass is 19.4. The molecule has 0 radical (unpaired) electrons. The summed E-state index contributed by atoms with van der Waals surface area (Å²) in [4.78, 5) is 19.2. The van der Waals surface area contributed by atoms with Crippen LogP contribution in [0.15, 0.2) is 173 Å². The Morgan fingerprint density at radius 3 is 0.798 bits per heavy atom. The van der Waals surface area contributed by atoms with E-state index in [9.17, 15) is 46.8 Å². The monoisotopic (exact) mass is 1710 g/mol. The average Bonchev–Trinajstić information content (AvgIpc) is 1.64. The fourth-order valence-corrected chi connectivity index (χ4v) is 15.3. The van der Waals surface area contributed by atoms with Crippen molar-refractivity contribution in [1.29, 1.82) is 0 Å². The molecule has 0 unspecified atom stereocenters. The molecule has 0 amide bonds. The lowest BCUT2D eigenvalue weighted by Gasteiger charge is -2.33. The summed E-state index contributed by atoms with van der Waals surface area (Å²) in [5, 5.41) is 126. The molecule has 8 N–H and O–H groups in total. The van der Waals surface area contributed by atoms with Crippen molar-refractivity contribution in [1.82, 2.24) is 137 Å². The van der Waals surface area contributed by atoms with E-state index in [1.54, 1.807) is 105 Å². The number of hydrogen-bond donors (Lipinski definition) is 8. The molecule has 16 aromatic heterocycles. The molecule has 2 aliphatic carbocycles. The lowest BCUT2D eigenvalue weighted by molar-refractivity contribution is -0.143. The second-order valence-electron chi connectivity index (χ2n) is 31.2. The van der Waals surface area contributed by atoms with E-state index < -0.39 is 61.7 Å². The van der Waals surface area contributed by atoms with E-state index in [1.807, 2.05) is 58.3 Å². The predicted octanol–water partition coefficient (Wildman–Crippen LogP) is 9.77. The minimum Gasteiger partial charge on any atom is -0.394 e. The fraction of sp³-hybridized carbons (Fsp3) is 0.415. The van der Waals surface area contributed by atoms with Gasteiger partial charge in [0.15, 0.2) is 0 Å². The molecule has 8 atom stereocenters. The Bertz CT molecular complexity index is 5820. The highest BCUT2D eigenvalue weighted by molar-refractivity contribution is 5.81. The van der Waals surface area contributed by atoms with Gasteiger partial charge in [0.2, 0.25) is 0 Å². The van der Waals surface area contributed by atoms with Crippen molar-refractivity contribution in [3.05, 3.63) is 173 Å². The summed E-state index contributed by atoms with van der Waals surface area (Å²) < 4.78 is 96.2. The Morgan fingerprint density at radius 1 is 0.331 bits per heavy atom. The third-order valence-electron chi connectivity index (χ3n) is 22.1. The zero-order chi connectivity index (χ0) is 87.1. The number of aliphatic hydroxyl groups excluding tert-OH is 8. The molecule has 0 spiro atoms. The van der Waals surface area contributed by atoms with Gasteiger partial charge >= 0.3 is 12.4 Å². The van der Waals surface area contributed by atoms with Gasteiger partial charge in [0.25, 0.3) is 0 Å². The quantitative estimate of drug-likeness (QED) is 0.0194. The van der Waals surface area contributed by atoms with Crippen molar-refractivity contribution in [2.24, 2.45) is 11.8 Å². The van der Waals surface area contributed by atoms with Gasteiger partial charge in [0.1, 0.15) is 0 Å². The zero-order valence-corrected chi connectivity index (χ0v) is 68.0. The first-order valence-electron chi connectivity index (χ1n) is 40.7. The fourth-order valence-electron chi connectivity index (χ4n) is 15.3. The molecule has 42 heteroatoms. The molecule has 652 valence electrons. The molecule has 16 aromatic rings. The van der Waals surface area contributed by atoms with Crippen molar-refractivity contribution < 1.29 is 67.2 Å². The number of halogens is 6. The third-order valence-corrected chi connectivity index (χ3v) is 22.1. The molecule has 124 heavy (non-hydrogen) atoms. The number of fused-ring (bicyclic) bond motifs is 4. The van der Waals surface area contributed by atoms with Crippen LogP contribution < -0.4 is 0 Å². The van der Waals surface area contributed by atoms with Gasteiger partial charge in [0.05, 0.1) is 281 Å². The Hall–Kier alpha value is -12.6. The van der Waals surface area contributed by atoms with Gasteiger partial charge in [0, 0.05) is 94.1 Å². The number of aromatic nitrogens is 28. The summed E-state index contributed by atoms with van der Waals surface area (Å²) in [7, 11) is 0. The van der Waals surface area contributed by atoms with Gasteiger partial charge in [-0.25, -0.2) is 38.0 Å². The van der Waals surface area contributed by atoms with E-state index in [4.69, 9.17) is 30.4 Å². The van der Waals surface area contributed by atoms with Crippen molar-refractivity contribution in [3.63, 3.8) is 0 Å². The summed E-state index contributed by atoms with van der Waals surface area (Å²) in [5.74, 6) is 1.43.